The molecule has 0 aliphatic carbocycles. The van der Waals surface area contributed by atoms with Crippen molar-refractivity contribution in [3.05, 3.63) is 40.7 Å². The molecule has 0 unspecified atom stereocenters. The zero-order chi connectivity index (χ0) is 19.2. The summed E-state index contributed by atoms with van der Waals surface area (Å²) in [6.07, 6.45) is 1.30. The molecule has 0 atom stereocenters. The Morgan fingerprint density at radius 3 is 2.59 bits per heavy atom. The maximum absolute atomic E-state index is 11.7. The monoisotopic (exact) mass is 373 g/mol. The summed E-state index contributed by atoms with van der Waals surface area (Å²) in [5.41, 5.74) is 3.46. The van der Waals surface area contributed by atoms with Crippen molar-refractivity contribution in [1.29, 1.82) is 0 Å². The Bertz CT molecular complexity index is 794. The molecule has 2 aromatic rings. The molecule has 0 saturated carbocycles. The number of nitro groups is 1. The number of likely N-dealkylation sites (N-methyl/N-ethyl adjacent to an activating group) is 1. The minimum Gasteiger partial charge on any atom is -0.492 e. The van der Waals surface area contributed by atoms with E-state index in [1.807, 2.05) is 31.1 Å². The Labute approximate surface area is 157 Å². The van der Waals surface area contributed by atoms with Gasteiger partial charge in [-0.2, -0.15) is 0 Å². The number of rotatable bonds is 7. The largest absolute Gasteiger partial charge is 0.492 e. The highest BCUT2D eigenvalue weighted by atomic mass is 16.6. The summed E-state index contributed by atoms with van der Waals surface area (Å²) in [6.45, 7) is 5.60. The molecular formula is C17H23N7O3. The second kappa shape index (κ2) is 8.60. The topological polar surface area (TPSA) is 109 Å². The second-order valence-corrected chi connectivity index (χ2v) is 6.13. The van der Waals surface area contributed by atoms with Crippen molar-refractivity contribution in [2.24, 2.45) is 0 Å². The number of piperazine rings is 1. The van der Waals surface area contributed by atoms with Crippen LogP contribution in [0, 0.1) is 10.1 Å². The van der Waals surface area contributed by atoms with Gasteiger partial charge in [0.25, 0.3) is 0 Å². The highest BCUT2D eigenvalue weighted by Crippen LogP contribution is 2.34. The van der Waals surface area contributed by atoms with Gasteiger partial charge in [-0.05, 0) is 26.1 Å². The molecule has 1 aromatic heterocycles. The van der Waals surface area contributed by atoms with Crippen molar-refractivity contribution in [3.63, 3.8) is 0 Å². The SMILES string of the molecule is CCOc1ccccc1Nc1ncnc(NN2CCN(C)CC2)c1[N+](=O)[O-]. The van der Waals surface area contributed by atoms with Gasteiger partial charge in [-0.15, -0.1) is 0 Å². The van der Waals surface area contributed by atoms with E-state index in [2.05, 4.69) is 25.6 Å². The number of aromatic nitrogens is 2. The Kier molecular flexibility index (Phi) is 5.99. The first-order valence-electron chi connectivity index (χ1n) is 8.77. The van der Waals surface area contributed by atoms with E-state index in [4.69, 9.17) is 4.74 Å². The zero-order valence-corrected chi connectivity index (χ0v) is 15.4. The van der Waals surface area contributed by atoms with Crippen LogP contribution in [0.1, 0.15) is 6.92 Å². The smallest absolute Gasteiger partial charge is 0.354 e. The minimum atomic E-state index is -0.482. The van der Waals surface area contributed by atoms with Crippen molar-refractivity contribution in [2.75, 3.05) is 50.6 Å². The zero-order valence-electron chi connectivity index (χ0n) is 15.4. The summed E-state index contributed by atoms with van der Waals surface area (Å²) in [7, 11) is 2.04. The molecule has 0 spiro atoms. The summed E-state index contributed by atoms with van der Waals surface area (Å²) >= 11 is 0. The van der Waals surface area contributed by atoms with E-state index in [-0.39, 0.29) is 17.3 Å². The van der Waals surface area contributed by atoms with Gasteiger partial charge in [0.15, 0.2) is 0 Å². The van der Waals surface area contributed by atoms with Crippen molar-refractivity contribution < 1.29 is 9.66 Å². The van der Waals surface area contributed by atoms with Crippen molar-refractivity contribution in [3.8, 4) is 5.75 Å². The number of hydrogen-bond acceptors (Lipinski definition) is 9. The van der Waals surface area contributed by atoms with Crippen molar-refractivity contribution in [2.45, 2.75) is 6.92 Å². The molecule has 1 aliphatic rings. The third-order valence-electron chi connectivity index (χ3n) is 4.21. The Hall–Kier alpha value is -2.98. The molecule has 1 aliphatic heterocycles. The molecule has 0 radical (unpaired) electrons. The number of benzene rings is 1. The average molecular weight is 373 g/mol. The molecule has 2 heterocycles. The number of nitrogens with zero attached hydrogens (tertiary/aromatic N) is 5. The van der Waals surface area contributed by atoms with Gasteiger partial charge in [0, 0.05) is 26.2 Å². The first-order valence-corrected chi connectivity index (χ1v) is 8.77. The van der Waals surface area contributed by atoms with E-state index in [0.717, 1.165) is 26.2 Å². The summed E-state index contributed by atoms with van der Waals surface area (Å²) < 4.78 is 5.57. The number of hydrogen-bond donors (Lipinski definition) is 2. The average Bonchev–Trinajstić information content (AvgIpc) is 2.65. The van der Waals surface area contributed by atoms with Gasteiger partial charge in [-0.3, -0.25) is 15.5 Å². The molecule has 3 rings (SSSR count). The molecular weight excluding hydrogens is 350 g/mol. The quantitative estimate of drug-likeness (QED) is 0.557. The molecule has 144 valence electrons. The molecule has 0 amide bonds. The summed E-state index contributed by atoms with van der Waals surface area (Å²) in [6, 6.07) is 7.23. The number of para-hydroxylation sites is 2. The van der Waals surface area contributed by atoms with E-state index >= 15 is 0 Å². The van der Waals surface area contributed by atoms with E-state index in [0.29, 0.717) is 18.0 Å². The molecule has 2 N–H and O–H groups in total. The maximum atomic E-state index is 11.7. The predicted octanol–water partition coefficient (Wildman–Crippen LogP) is 2.10. The van der Waals surface area contributed by atoms with Crippen LogP contribution in [0.25, 0.3) is 0 Å². The second-order valence-electron chi connectivity index (χ2n) is 6.13. The lowest BCUT2D eigenvalue weighted by molar-refractivity contribution is -0.383. The van der Waals surface area contributed by atoms with Crippen LogP contribution in [0.15, 0.2) is 30.6 Å². The molecule has 10 heteroatoms. The van der Waals surface area contributed by atoms with Crippen LogP contribution in [-0.4, -0.2) is 64.6 Å². The van der Waals surface area contributed by atoms with Gasteiger partial charge in [-0.25, -0.2) is 15.0 Å². The number of ether oxygens (including phenoxy) is 1. The van der Waals surface area contributed by atoms with Gasteiger partial charge < -0.3 is 15.0 Å². The van der Waals surface area contributed by atoms with Gasteiger partial charge in [0.1, 0.15) is 12.1 Å². The van der Waals surface area contributed by atoms with Crippen LogP contribution < -0.4 is 15.5 Å². The van der Waals surface area contributed by atoms with E-state index in [1.54, 1.807) is 12.1 Å². The van der Waals surface area contributed by atoms with E-state index in [9.17, 15) is 10.1 Å². The van der Waals surface area contributed by atoms with Crippen LogP contribution >= 0.6 is 0 Å². The summed E-state index contributed by atoms with van der Waals surface area (Å²) in [5.74, 6) is 0.871. The predicted molar refractivity (Wildman–Crippen MR) is 102 cm³/mol. The fourth-order valence-electron chi connectivity index (χ4n) is 2.77. The maximum Gasteiger partial charge on any atom is 0.354 e. The first-order chi connectivity index (χ1) is 13.1. The molecule has 1 aromatic carbocycles. The number of anilines is 3. The van der Waals surface area contributed by atoms with Crippen LogP contribution in [0.5, 0.6) is 5.75 Å². The van der Waals surface area contributed by atoms with Gasteiger partial charge in [-0.1, -0.05) is 12.1 Å². The Balaban J connectivity index is 1.87. The lowest BCUT2D eigenvalue weighted by atomic mass is 10.3. The van der Waals surface area contributed by atoms with E-state index < -0.39 is 4.92 Å². The molecule has 1 fully saturated rings. The summed E-state index contributed by atoms with van der Waals surface area (Å²) in [5, 5.41) is 16.7. The van der Waals surface area contributed by atoms with Crippen LogP contribution in [0.4, 0.5) is 23.0 Å². The van der Waals surface area contributed by atoms with Crippen molar-refractivity contribution >= 4 is 23.0 Å². The highest BCUT2D eigenvalue weighted by molar-refractivity contribution is 5.75. The third kappa shape index (κ3) is 4.60. The Morgan fingerprint density at radius 2 is 1.89 bits per heavy atom. The van der Waals surface area contributed by atoms with Crippen LogP contribution in [0.3, 0.4) is 0 Å². The Morgan fingerprint density at radius 1 is 1.19 bits per heavy atom. The minimum absolute atomic E-state index is 0.110. The van der Waals surface area contributed by atoms with E-state index in [1.165, 1.54) is 6.33 Å². The number of nitrogens with one attached hydrogen (secondary N) is 2. The van der Waals surface area contributed by atoms with Gasteiger partial charge >= 0.3 is 5.69 Å². The lowest BCUT2D eigenvalue weighted by Crippen LogP contribution is -2.47. The molecule has 27 heavy (non-hydrogen) atoms. The number of hydrazine groups is 1. The van der Waals surface area contributed by atoms with Crippen LogP contribution in [-0.2, 0) is 0 Å². The molecule has 0 bridgehead atoms. The fraction of sp³-hybridized carbons (Fsp3) is 0.412. The fourth-order valence-corrected chi connectivity index (χ4v) is 2.77. The first kappa shape index (κ1) is 18.8. The van der Waals surface area contributed by atoms with Crippen molar-refractivity contribution in [1.82, 2.24) is 19.9 Å². The molecule has 10 nitrogen and oxygen atoms in total. The normalized spacial score (nSPS) is 15.3. The van der Waals surface area contributed by atoms with Crippen LogP contribution in [0.2, 0.25) is 0 Å². The standard InChI is InChI=1S/C17H23N7O3/c1-3-27-14-7-5-4-6-13(14)20-16-15(24(25)26)17(19-12-18-16)21-23-10-8-22(2)9-11-23/h4-7,12H,3,8-11H2,1-2H3,(H2,18,19,20,21). The lowest BCUT2D eigenvalue weighted by Gasteiger charge is -2.32. The van der Waals surface area contributed by atoms with Gasteiger partial charge in [0.2, 0.25) is 11.6 Å². The third-order valence-corrected chi connectivity index (χ3v) is 4.21. The molecule has 1 saturated heterocycles. The summed E-state index contributed by atoms with van der Waals surface area (Å²) in [4.78, 5) is 21.6. The van der Waals surface area contributed by atoms with Gasteiger partial charge in [0.05, 0.1) is 17.2 Å². The highest BCUT2D eigenvalue weighted by Gasteiger charge is 2.26.